The topological polar surface area (TPSA) is 44.4 Å². The molecule has 0 aromatic heterocycles. The summed E-state index contributed by atoms with van der Waals surface area (Å²) in [6, 6.07) is 0. The predicted molar refractivity (Wildman–Crippen MR) is 78.1 cm³/mol. The number of rotatable bonds is 6. The van der Waals surface area contributed by atoms with Crippen LogP contribution < -0.4 is 10.6 Å². The van der Waals surface area contributed by atoms with Gasteiger partial charge in [0.05, 0.1) is 5.41 Å². The maximum Gasteiger partial charge on any atom is 0.226 e. The molecule has 0 unspecified atom stereocenters. The molecule has 2 N–H and O–H groups in total. The van der Waals surface area contributed by atoms with Crippen LogP contribution in [0.1, 0.15) is 39.5 Å². The molecule has 0 spiro atoms. The van der Waals surface area contributed by atoms with E-state index in [9.17, 15) is 4.79 Å². The molecule has 1 saturated heterocycles. The third kappa shape index (κ3) is 4.46. The molecule has 0 aromatic rings. The summed E-state index contributed by atoms with van der Waals surface area (Å²) in [7, 11) is 0. The van der Waals surface area contributed by atoms with Gasteiger partial charge in [0, 0.05) is 39.3 Å². The Hall–Kier alpha value is -0.610. The summed E-state index contributed by atoms with van der Waals surface area (Å²) in [6.07, 6.45) is 5.27. The lowest BCUT2D eigenvalue weighted by Crippen LogP contribution is -2.50. The lowest BCUT2D eigenvalue weighted by molar-refractivity contribution is -0.130. The maximum absolute atomic E-state index is 12.3. The fourth-order valence-corrected chi connectivity index (χ4v) is 2.91. The summed E-state index contributed by atoms with van der Waals surface area (Å²) in [5, 5.41) is 6.48. The lowest BCUT2D eigenvalue weighted by atomic mass is 9.83. The minimum absolute atomic E-state index is 0.213. The van der Waals surface area contributed by atoms with Crippen LogP contribution >= 0.6 is 0 Å². The first kappa shape index (κ1) is 14.8. The zero-order chi connectivity index (χ0) is 13.7. The van der Waals surface area contributed by atoms with Crippen molar-refractivity contribution in [1.82, 2.24) is 15.5 Å². The molecular weight excluding hydrogens is 238 g/mol. The van der Waals surface area contributed by atoms with Crippen LogP contribution in [0.25, 0.3) is 0 Å². The van der Waals surface area contributed by atoms with Gasteiger partial charge in [0.2, 0.25) is 5.91 Å². The average molecular weight is 267 g/mol. The number of hydrogen-bond acceptors (Lipinski definition) is 3. The fourth-order valence-electron chi connectivity index (χ4n) is 2.91. The second-order valence-electron chi connectivity index (χ2n) is 6.75. The summed E-state index contributed by atoms with van der Waals surface area (Å²) >= 11 is 0. The highest BCUT2D eigenvalue weighted by molar-refractivity contribution is 5.82. The van der Waals surface area contributed by atoms with Crippen molar-refractivity contribution in [2.24, 2.45) is 11.3 Å². The van der Waals surface area contributed by atoms with Gasteiger partial charge in [0.1, 0.15) is 0 Å². The Morgan fingerprint density at radius 3 is 2.58 bits per heavy atom. The lowest BCUT2D eigenvalue weighted by Gasteiger charge is -2.34. The van der Waals surface area contributed by atoms with Gasteiger partial charge in [-0.1, -0.05) is 19.3 Å². The van der Waals surface area contributed by atoms with Gasteiger partial charge in [-0.2, -0.15) is 0 Å². The zero-order valence-corrected chi connectivity index (χ0v) is 12.5. The molecule has 0 aromatic carbocycles. The summed E-state index contributed by atoms with van der Waals surface area (Å²) in [5.41, 5.74) is -0.281. The van der Waals surface area contributed by atoms with Crippen LogP contribution in [0.3, 0.4) is 0 Å². The van der Waals surface area contributed by atoms with Gasteiger partial charge in [-0.25, -0.2) is 0 Å². The zero-order valence-electron chi connectivity index (χ0n) is 12.5. The number of hydrogen-bond donors (Lipinski definition) is 2. The Bertz CT molecular complexity index is 294. The molecule has 1 aliphatic heterocycles. The van der Waals surface area contributed by atoms with Crippen molar-refractivity contribution in [3.8, 4) is 0 Å². The molecule has 4 heteroatoms. The van der Waals surface area contributed by atoms with E-state index in [1.54, 1.807) is 0 Å². The largest absolute Gasteiger partial charge is 0.356 e. The highest BCUT2D eigenvalue weighted by Crippen LogP contribution is 2.28. The van der Waals surface area contributed by atoms with Crippen LogP contribution in [-0.2, 0) is 4.79 Å². The molecule has 2 fully saturated rings. The smallest absolute Gasteiger partial charge is 0.226 e. The summed E-state index contributed by atoms with van der Waals surface area (Å²) in [4.78, 5) is 14.7. The van der Waals surface area contributed by atoms with E-state index in [1.807, 2.05) is 0 Å². The van der Waals surface area contributed by atoms with Crippen LogP contribution in [0.15, 0.2) is 0 Å². The molecule has 0 radical (unpaired) electrons. The third-order valence-electron chi connectivity index (χ3n) is 4.51. The SMILES string of the molecule is CC(C)(CN1CCNCC1)C(=O)NCCC1CCC1. The molecule has 1 aliphatic carbocycles. The Labute approximate surface area is 117 Å². The van der Waals surface area contributed by atoms with Gasteiger partial charge in [0.15, 0.2) is 0 Å². The van der Waals surface area contributed by atoms with Gasteiger partial charge >= 0.3 is 0 Å². The number of piperazine rings is 1. The van der Waals surface area contributed by atoms with Crippen molar-refractivity contribution >= 4 is 5.91 Å². The molecule has 2 rings (SSSR count). The van der Waals surface area contributed by atoms with Crippen LogP contribution in [0.5, 0.6) is 0 Å². The quantitative estimate of drug-likeness (QED) is 0.761. The van der Waals surface area contributed by atoms with Crippen LogP contribution in [0.4, 0.5) is 0 Å². The number of nitrogens with one attached hydrogen (secondary N) is 2. The molecule has 4 nitrogen and oxygen atoms in total. The summed E-state index contributed by atoms with van der Waals surface area (Å²) in [5.74, 6) is 1.09. The van der Waals surface area contributed by atoms with E-state index in [4.69, 9.17) is 0 Å². The van der Waals surface area contributed by atoms with E-state index >= 15 is 0 Å². The van der Waals surface area contributed by atoms with Crippen molar-refractivity contribution in [2.75, 3.05) is 39.3 Å². The van der Waals surface area contributed by atoms with Gasteiger partial charge in [-0.15, -0.1) is 0 Å². The molecule has 110 valence electrons. The first-order valence-electron chi connectivity index (χ1n) is 7.79. The number of nitrogens with zero attached hydrogens (tertiary/aromatic N) is 1. The van der Waals surface area contributed by atoms with E-state index < -0.39 is 0 Å². The molecule has 19 heavy (non-hydrogen) atoms. The molecular formula is C15H29N3O. The van der Waals surface area contributed by atoms with Crippen LogP contribution in [0.2, 0.25) is 0 Å². The van der Waals surface area contributed by atoms with Gasteiger partial charge in [-0.05, 0) is 26.2 Å². The van der Waals surface area contributed by atoms with Crippen LogP contribution in [0, 0.1) is 11.3 Å². The van der Waals surface area contributed by atoms with E-state index in [0.717, 1.165) is 51.6 Å². The highest BCUT2D eigenvalue weighted by atomic mass is 16.2. The maximum atomic E-state index is 12.3. The summed E-state index contributed by atoms with van der Waals surface area (Å²) in [6.45, 7) is 10.0. The summed E-state index contributed by atoms with van der Waals surface area (Å²) < 4.78 is 0. The first-order valence-corrected chi connectivity index (χ1v) is 7.79. The Kier molecular flexibility index (Phi) is 5.22. The van der Waals surface area contributed by atoms with E-state index in [2.05, 4.69) is 29.4 Å². The Morgan fingerprint density at radius 1 is 1.32 bits per heavy atom. The number of carbonyl (C=O) groups excluding carboxylic acids is 1. The highest BCUT2D eigenvalue weighted by Gasteiger charge is 2.30. The molecule has 2 aliphatic rings. The molecule has 0 atom stereocenters. The average Bonchev–Trinajstić information content (AvgIpc) is 2.32. The van der Waals surface area contributed by atoms with Crippen molar-refractivity contribution in [2.45, 2.75) is 39.5 Å². The Morgan fingerprint density at radius 2 is 2.00 bits per heavy atom. The normalized spacial score (nSPS) is 22.0. The van der Waals surface area contributed by atoms with Crippen molar-refractivity contribution in [3.63, 3.8) is 0 Å². The number of amides is 1. The monoisotopic (exact) mass is 267 g/mol. The third-order valence-corrected chi connectivity index (χ3v) is 4.51. The molecule has 0 bridgehead atoms. The minimum atomic E-state index is -0.281. The van der Waals surface area contributed by atoms with Gasteiger partial charge < -0.3 is 10.6 Å². The van der Waals surface area contributed by atoms with E-state index in [-0.39, 0.29) is 11.3 Å². The van der Waals surface area contributed by atoms with Crippen LogP contribution in [-0.4, -0.2) is 50.1 Å². The molecule has 1 heterocycles. The molecule has 1 amide bonds. The van der Waals surface area contributed by atoms with Gasteiger partial charge in [0.25, 0.3) is 0 Å². The molecule has 1 saturated carbocycles. The minimum Gasteiger partial charge on any atom is -0.356 e. The van der Waals surface area contributed by atoms with Gasteiger partial charge in [-0.3, -0.25) is 9.69 Å². The predicted octanol–water partition coefficient (Wildman–Crippen LogP) is 1.22. The first-order chi connectivity index (χ1) is 9.08. The second kappa shape index (κ2) is 6.71. The van der Waals surface area contributed by atoms with Crippen molar-refractivity contribution < 1.29 is 4.79 Å². The van der Waals surface area contributed by atoms with Crippen molar-refractivity contribution in [1.29, 1.82) is 0 Å². The standard InChI is InChI=1S/C15H29N3O/c1-15(2,12-18-10-8-16-9-11-18)14(19)17-7-6-13-4-3-5-13/h13,16H,3-12H2,1-2H3,(H,17,19). The van der Waals surface area contributed by atoms with Crippen molar-refractivity contribution in [3.05, 3.63) is 0 Å². The Balaban J connectivity index is 1.68. The van der Waals surface area contributed by atoms with E-state index in [0.29, 0.717) is 0 Å². The fraction of sp³-hybridized carbons (Fsp3) is 0.933. The second-order valence-corrected chi connectivity index (χ2v) is 6.75. The number of carbonyl (C=O) groups is 1. The van der Waals surface area contributed by atoms with E-state index in [1.165, 1.54) is 19.3 Å².